The number of hydrogen-bond donors (Lipinski definition) is 2. The fraction of sp³-hybridized carbons (Fsp3) is 0.391. The zero-order valence-corrected chi connectivity index (χ0v) is 19.2. The first-order valence-electron chi connectivity index (χ1n) is 10.5. The lowest BCUT2D eigenvalue weighted by atomic mass is 9.85. The van der Waals surface area contributed by atoms with E-state index < -0.39 is 6.61 Å². The van der Waals surface area contributed by atoms with Gasteiger partial charge in [0.25, 0.3) is 5.91 Å². The second-order valence-electron chi connectivity index (χ2n) is 7.72. The largest absolute Gasteiger partial charge is 0.484 e. The Morgan fingerprint density at radius 2 is 1.64 bits per heavy atom. The predicted octanol–water partition coefficient (Wildman–Crippen LogP) is 4.97. The van der Waals surface area contributed by atoms with Crippen molar-refractivity contribution in [1.82, 2.24) is 10.6 Å². The van der Waals surface area contributed by atoms with Crippen molar-refractivity contribution in [2.45, 2.75) is 44.9 Å². The SMILES string of the molecule is O=C(COc1ccc(Cl)c(Cl)c1)N[C@H]1CC[C@H](C(=O)NCc2ccc(OC(F)F)cc2)CC1. The minimum atomic E-state index is -2.87. The summed E-state index contributed by atoms with van der Waals surface area (Å²) in [5.74, 6) is 0.0925. The number of hydrogen-bond acceptors (Lipinski definition) is 4. The van der Waals surface area contributed by atoms with Crippen molar-refractivity contribution in [1.29, 1.82) is 0 Å². The van der Waals surface area contributed by atoms with Gasteiger partial charge in [0, 0.05) is 24.6 Å². The Hall–Kier alpha value is -2.58. The molecule has 0 bridgehead atoms. The van der Waals surface area contributed by atoms with Crippen LogP contribution in [0.2, 0.25) is 10.0 Å². The molecule has 2 aromatic carbocycles. The van der Waals surface area contributed by atoms with Crippen LogP contribution in [0, 0.1) is 5.92 Å². The maximum atomic E-state index is 12.5. The normalized spacial score (nSPS) is 18.0. The van der Waals surface area contributed by atoms with Crippen LogP contribution in [0.1, 0.15) is 31.2 Å². The van der Waals surface area contributed by atoms with Gasteiger partial charge in [-0.15, -0.1) is 0 Å². The third-order valence-electron chi connectivity index (χ3n) is 5.34. The van der Waals surface area contributed by atoms with Gasteiger partial charge in [-0.1, -0.05) is 35.3 Å². The number of benzene rings is 2. The van der Waals surface area contributed by atoms with E-state index >= 15 is 0 Å². The van der Waals surface area contributed by atoms with Gasteiger partial charge in [0.1, 0.15) is 11.5 Å². The molecule has 6 nitrogen and oxygen atoms in total. The van der Waals surface area contributed by atoms with E-state index in [1.165, 1.54) is 12.1 Å². The van der Waals surface area contributed by atoms with Crippen molar-refractivity contribution in [2.75, 3.05) is 6.61 Å². The molecule has 33 heavy (non-hydrogen) atoms. The quantitative estimate of drug-likeness (QED) is 0.509. The molecule has 0 radical (unpaired) electrons. The number of alkyl halides is 2. The standard InChI is InChI=1S/C23H24Cl2F2N2O4/c24-19-10-9-18(11-20(19)25)32-13-21(30)29-16-5-3-15(4-6-16)22(31)28-12-14-1-7-17(8-2-14)33-23(26)27/h1-2,7-11,15-16,23H,3-6,12-13H2,(H,28,31)(H,29,30)/t15-,16-. The number of carbonyl (C=O) groups excluding carboxylic acids is 2. The van der Waals surface area contributed by atoms with Crippen molar-refractivity contribution in [3.05, 3.63) is 58.1 Å². The van der Waals surface area contributed by atoms with Crippen LogP contribution in [0.3, 0.4) is 0 Å². The van der Waals surface area contributed by atoms with E-state index in [1.54, 1.807) is 30.3 Å². The van der Waals surface area contributed by atoms with E-state index in [9.17, 15) is 18.4 Å². The summed E-state index contributed by atoms with van der Waals surface area (Å²) in [7, 11) is 0. The molecule has 0 aliphatic heterocycles. The number of carbonyl (C=O) groups is 2. The van der Waals surface area contributed by atoms with Crippen LogP contribution in [-0.4, -0.2) is 31.1 Å². The Bertz CT molecular complexity index is 952. The molecule has 3 rings (SSSR count). The molecule has 0 atom stereocenters. The third kappa shape index (κ3) is 8.05. The van der Waals surface area contributed by atoms with Gasteiger partial charge in [-0.3, -0.25) is 9.59 Å². The summed E-state index contributed by atoms with van der Waals surface area (Å²) in [5.41, 5.74) is 0.785. The van der Waals surface area contributed by atoms with Gasteiger partial charge in [-0.2, -0.15) is 8.78 Å². The van der Waals surface area contributed by atoms with Crippen LogP contribution in [0.25, 0.3) is 0 Å². The molecule has 1 aliphatic carbocycles. The van der Waals surface area contributed by atoms with E-state index in [2.05, 4.69) is 15.4 Å². The van der Waals surface area contributed by atoms with Gasteiger partial charge in [0.05, 0.1) is 10.0 Å². The molecule has 2 N–H and O–H groups in total. The molecule has 2 aromatic rings. The molecular formula is C23H24Cl2F2N2O4. The van der Waals surface area contributed by atoms with Gasteiger partial charge in [0.2, 0.25) is 5.91 Å². The highest BCUT2D eigenvalue weighted by atomic mass is 35.5. The fourth-order valence-corrected chi connectivity index (χ4v) is 3.90. The van der Waals surface area contributed by atoms with E-state index in [0.29, 0.717) is 48.0 Å². The van der Waals surface area contributed by atoms with Crippen molar-refractivity contribution >= 4 is 35.0 Å². The highest BCUT2D eigenvalue weighted by molar-refractivity contribution is 6.42. The average Bonchev–Trinajstić information content (AvgIpc) is 2.79. The van der Waals surface area contributed by atoms with Crippen LogP contribution < -0.4 is 20.1 Å². The van der Waals surface area contributed by atoms with E-state index in [4.69, 9.17) is 27.9 Å². The Kier molecular flexibility index (Phi) is 9.14. The number of amides is 2. The molecule has 0 heterocycles. The van der Waals surface area contributed by atoms with Crippen LogP contribution in [0.15, 0.2) is 42.5 Å². The average molecular weight is 501 g/mol. The Morgan fingerprint density at radius 1 is 0.970 bits per heavy atom. The molecule has 0 saturated heterocycles. The molecule has 1 saturated carbocycles. The lowest BCUT2D eigenvalue weighted by Gasteiger charge is -2.28. The molecule has 10 heteroatoms. The summed E-state index contributed by atoms with van der Waals surface area (Å²) in [5, 5.41) is 6.57. The maximum Gasteiger partial charge on any atom is 0.387 e. The summed E-state index contributed by atoms with van der Waals surface area (Å²) in [6.45, 7) is -2.71. The topological polar surface area (TPSA) is 76.7 Å². The smallest absolute Gasteiger partial charge is 0.387 e. The molecule has 0 spiro atoms. The van der Waals surface area contributed by atoms with Gasteiger partial charge < -0.3 is 20.1 Å². The van der Waals surface area contributed by atoms with Crippen LogP contribution in [0.4, 0.5) is 8.78 Å². The third-order valence-corrected chi connectivity index (χ3v) is 6.08. The highest BCUT2D eigenvalue weighted by Crippen LogP contribution is 2.27. The van der Waals surface area contributed by atoms with Crippen molar-refractivity contribution in [3.63, 3.8) is 0 Å². The highest BCUT2D eigenvalue weighted by Gasteiger charge is 2.27. The maximum absolute atomic E-state index is 12.5. The summed E-state index contributed by atoms with van der Waals surface area (Å²) in [6.07, 6.45) is 2.70. The summed E-state index contributed by atoms with van der Waals surface area (Å²) in [6, 6.07) is 10.9. The summed E-state index contributed by atoms with van der Waals surface area (Å²) in [4.78, 5) is 24.6. The number of rotatable bonds is 9. The number of ether oxygens (including phenoxy) is 2. The second kappa shape index (κ2) is 12.0. The molecule has 1 aliphatic rings. The van der Waals surface area contributed by atoms with E-state index in [1.807, 2.05) is 0 Å². The Balaban J connectivity index is 1.35. The lowest BCUT2D eigenvalue weighted by Crippen LogP contribution is -2.42. The van der Waals surface area contributed by atoms with Gasteiger partial charge in [-0.25, -0.2) is 0 Å². The molecule has 2 amide bonds. The van der Waals surface area contributed by atoms with Gasteiger partial charge in [-0.05, 0) is 55.5 Å². The van der Waals surface area contributed by atoms with Crippen LogP contribution in [0.5, 0.6) is 11.5 Å². The predicted molar refractivity (Wildman–Crippen MR) is 121 cm³/mol. The molecule has 0 aromatic heterocycles. The van der Waals surface area contributed by atoms with E-state index in [-0.39, 0.29) is 36.1 Å². The Morgan fingerprint density at radius 3 is 2.27 bits per heavy atom. The van der Waals surface area contributed by atoms with Gasteiger partial charge in [0.15, 0.2) is 6.61 Å². The summed E-state index contributed by atoms with van der Waals surface area (Å²) < 4.78 is 34.1. The number of nitrogens with one attached hydrogen (secondary N) is 2. The van der Waals surface area contributed by atoms with Crippen molar-refractivity contribution in [3.8, 4) is 11.5 Å². The first kappa shape index (κ1) is 25.1. The molecule has 178 valence electrons. The first-order valence-corrected chi connectivity index (χ1v) is 11.2. The lowest BCUT2D eigenvalue weighted by molar-refractivity contribution is -0.126. The first-order chi connectivity index (χ1) is 15.8. The monoisotopic (exact) mass is 500 g/mol. The number of halogens is 4. The van der Waals surface area contributed by atoms with Crippen LogP contribution in [-0.2, 0) is 16.1 Å². The second-order valence-corrected chi connectivity index (χ2v) is 8.54. The molecule has 1 fully saturated rings. The minimum Gasteiger partial charge on any atom is -0.484 e. The van der Waals surface area contributed by atoms with Crippen molar-refractivity contribution in [2.24, 2.45) is 5.92 Å². The van der Waals surface area contributed by atoms with Gasteiger partial charge >= 0.3 is 6.61 Å². The molecular weight excluding hydrogens is 477 g/mol. The fourth-order valence-electron chi connectivity index (χ4n) is 3.61. The minimum absolute atomic E-state index is 0.0127. The zero-order chi connectivity index (χ0) is 23.8. The summed E-state index contributed by atoms with van der Waals surface area (Å²) >= 11 is 11.8. The molecule has 0 unspecified atom stereocenters. The zero-order valence-electron chi connectivity index (χ0n) is 17.7. The van der Waals surface area contributed by atoms with E-state index in [0.717, 1.165) is 5.56 Å². The van der Waals surface area contributed by atoms with Crippen LogP contribution >= 0.6 is 23.2 Å². The van der Waals surface area contributed by atoms with Crippen molar-refractivity contribution < 1.29 is 27.8 Å². The Labute approximate surface area is 200 Å².